The average molecular weight is 269 g/mol. The predicted octanol–water partition coefficient (Wildman–Crippen LogP) is 2.48. The summed E-state index contributed by atoms with van der Waals surface area (Å²) >= 11 is 0. The van der Waals surface area contributed by atoms with Crippen LogP contribution in [-0.2, 0) is 9.53 Å². The van der Waals surface area contributed by atoms with Gasteiger partial charge in [-0.15, -0.1) is 0 Å². The van der Waals surface area contributed by atoms with Gasteiger partial charge >= 0.3 is 12.1 Å². The Morgan fingerprint density at radius 2 is 2.00 bits per heavy atom. The van der Waals surface area contributed by atoms with Gasteiger partial charge in [0.15, 0.2) is 0 Å². The molecule has 0 aliphatic heterocycles. The van der Waals surface area contributed by atoms with Crippen molar-refractivity contribution < 1.29 is 23.8 Å². The predicted molar refractivity (Wildman–Crippen MR) is 66.2 cm³/mol. The summed E-state index contributed by atoms with van der Waals surface area (Å²) in [6.45, 7) is 1.89. The molecule has 2 N–H and O–H groups in total. The zero-order valence-electron chi connectivity index (χ0n) is 10.6. The van der Waals surface area contributed by atoms with Crippen LogP contribution < -0.4 is 5.32 Å². The molecule has 0 bridgehead atoms. The molecule has 0 heterocycles. The van der Waals surface area contributed by atoms with Crippen LogP contribution in [0, 0.1) is 5.82 Å². The van der Waals surface area contributed by atoms with Crippen molar-refractivity contribution in [1.29, 1.82) is 0 Å². The fraction of sp³-hybridized carbons (Fsp3) is 0.385. The minimum atomic E-state index is -0.960. The number of alkyl carbamates (subject to hydrolysis) is 1. The second-order valence-corrected chi connectivity index (χ2v) is 3.90. The lowest BCUT2D eigenvalue weighted by molar-refractivity contribution is -0.137. The zero-order valence-corrected chi connectivity index (χ0v) is 10.6. The number of hydrogen-bond donors (Lipinski definition) is 2. The van der Waals surface area contributed by atoms with E-state index < -0.39 is 23.9 Å². The van der Waals surface area contributed by atoms with Crippen LogP contribution in [0.15, 0.2) is 24.3 Å². The Kier molecular flexibility index (Phi) is 5.78. The third-order valence-electron chi connectivity index (χ3n) is 2.49. The number of carbonyl (C=O) groups excluding carboxylic acids is 1. The Hall–Kier alpha value is -2.11. The third kappa shape index (κ3) is 5.37. The lowest BCUT2D eigenvalue weighted by Crippen LogP contribution is -2.29. The molecule has 0 aliphatic rings. The van der Waals surface area contributed by atoms with E-state index in [4.69, 9.17) is 9.84 Å². The summed E-state index contributed by atoms with van der Waals surface area (Å²) in [5, 5.41) is 11.2. The molecule has 6 heteroatoms. The van der Waals surface area contributed by atoms with Gasteiger partial charge in [-0.3, -0.25) is 4.79 Å². The maximum atomic E-state index is 12.8. The first-order valence-electron chi connectivity index (χ1n) is 5.93. The number of hydrogen-bond acceptors (Lipinski definition) is 3. The lowest BCUT2D eigenvalue weighted by atomic mass is 10.0. The first-order valence-corrected chi connectivity index (χ1v) is 5.93. The molecule has 0 saturated heterocycles. The van der Waals surface area contributed by atoms with E-state index in [9.17, 15) is 14.0 Å². The third-order valence-corrected chi connectivity index (χ3v) is 2.49. The molecule has 5 nitrogen and oxygen atoms in total. The van der Waals surface area contributed by atoms with Crippen molar-refractivity contribution in [1.82, 2.24) is 5.32 Å². The second kappa shape index (κ2) is 7.35. The molecule has 1 amide bonds. The van der Waals surface area contributed by atoms with Gasteiger partial charge in [-0.1, -0.05) is 12.1 Å². The monoisotopic (exact) mass is 269 g/mol. The summed E-state index contributed by atoms with van der Waals surface area (Å²) < 4.78 is 17.6. The summed E-state index contributed by atoms with van der Waals surface area (Å²) in [4.78, 5) is 22.0. The van der Waals surface area contributed by atoms with E-state index in [1.54, 1.807) is 6.92 Å². The van der Waals surface area contributed by atoms with Crippen LogP contribution >= 0.6 is 0 Å². The molecule has 1 atom stereocenters. The van der Waals surface area contributed by atoms with E-state index in [0.717, 1.165) is 0 Å². The van der Waals surface area contributed by atoms with Crippen molar-refractivity contribution in [3.05, 3.63) is 35.6 Å². The number of nitrogens with one attached hydrogen (secondary N) is 1. The maximum absolute atomic E-state index is 12.8. The molecule has 0 spiro atoms. The summed E-state index contributed by atoms with van der Waals surface area (Å²) in [5.74, 6) is -1.35. The number of carboxylic acids is 1. The molecular weight excluding hydrogens is 253 g/mol. The van der Waals surface area contributed by atoms with Gasteiger partial charge in [0.05, 0.1) is 12.6 Å². The molecule has 1 aromatic rings. The number of ether oxygens (including phenoxy) is 1. The molecule has 1 aromatic carbocycles. The van der Waals surface area contributed by atoms with Crippen LogP contribution in [0.5, 0.6) is 0 Å². The Bertz CT molecular complexity index is 433. The van der Waals surface area contributed by atoms with Gasteiger partial charge in [0, 0.05) is 6.42 Å². The molecule has 0 aromatic heterocycles. The van der Waals surface area contributed by atoms with Gasteiger partial charge in [-0.2, -0.15) is 0 Å². The highest BCUT2D eigenvalue weighted by Gasteiger charge is 2.16. The second-order valence-electron chi connectivity index (χ2n) is 3.90. The van der Waals surface area contributed by atoms with E-state index in [1.807, 2.05) is 0 Å². The normalized spacial score (nSPS) is 11.7. The van der Waals surface area contributed by atoms with Crippen molar-refractivity contribution in [2.45, 2.75) is 25.8 Å². The van der Waals surface area contributed by atoms with Crippen molar-refractivity contribution in [3.8, 4) is 0 Å². The average Bonchev–Trinajstić information content (AvgIpc) is 2.35. The van der Waals surface area contributed by atoms with Gasteiger partial charge in [0.2, 0.25) is 0 Å². The van der Waals surface area contributed by atoms with Crippen LogP contribution in [0.1, 0.15) is 31.4 Å². The molecule has 1 rings (SSSR count). The van der Waals surface area contributed by atoms with E-state index in [1.165, 1.54) is 24.3 Å². The van der Waals surface area contributed by atoms with Gasteiger partial charge < -0.3 is 15.2 Å². The van der Waals surface area contributed by atoms with Crippen LogP contribution in [-0.4, -0.2) is 23.8 Å². The van der Waals surface area contributed by atoms with Crippen molar-refractivity contribution in [2.75, 3.05) is 6.61 Å². The molecule has 1 unspecified atom stereocenters. The van der Waals surface area contributed by atoms with Gasteiger partial charge in [0.25, 0.3) is 0 Å². The quantitative estimate of drug-likeness (QED) is 0.831. The smallest absolute Gasteiger partial charge is 0.407 e. The fourth-order valence-corrected chi connectivity index (χ4v) is 1.60. The molecule has 0 saturated carbocycles. The minimum absolute atomic E-state index is 0.103. The standard InChI is InChI=1S/C13H16FNO4/c1-2-19-13(18)15-11(7-8-12(16)17)9-3-5-10(14)6-4-9/h3-6,11H,2,7-8H2,1H3,(H,15,18)(H,16,17). The van der Waals surface area contributed by atoms with Gasteiger partial charge in [0.1, 0.15) is 5.82 Å². The number of aliphatic carboxylic acids is 1. The molecule has 0 aliphatic carbocycles. The summed E-state index contributed by atoms with van der Waals surface area (Å²) in [5.41, 5.74) is 0.635. The van der Waals surface area contributed by atoms with Gasteiger partial charge in [-0.05, 0) is 31.0 Å². The lowest BCUT2D eigenvalue weighted by Gasteiger charge is -2.18. The Labute approximate surface area is 110 Å². The molecule has 0 fully saturated rings. The van der Waals surface area contributed by atoms with E-state index in [2.05, 4.69) is 5.32 Å². The van der Waals surface area contributed by atoms with E-state index >= 15 is 0 Å². The number of carboxylic acid groups (broad SMARTS) is 1. The number of rotatable bonds is 6. The Balaban J connectivity index is 2.75. The van der Waals surface area contributed by atoms with Gasteiger partial charge in [-0.25, -0.2) is 9.18 Å². The highest BCUT2D eigenvalue weighted by atomic mass is 19.1. The van der Waals surface area contributed by atoms with Crippen LogP contribution in [0.2, 0.25) is 0 Å². The number of halogens is 1. The molecular formula is C13H16FNO4. The Morgan fingerprint density at radius 3 is 2.53 bits per heavy atom. The van der Waals surface area contributed by atoms with E-state index in [0.29, 0.717) is 5.56 Å². The fourth-order valence-electron chi connectivity index (χ4n) is 1.60. The van der Waals surface area contributed by atoms with Crippen molar-refractivity contribution >= 4 is 12.1 Å². The highest BCUT2D eigenvalue weighted by Crippen LogP contribution is 2.19. The maximum Gasteiger partial charge on any atom is 0.407 e. The number of benzene rings is 1. The molecule has 104 valence electrons. The minimum Gasteiger partial charge on any atom is -0.481 e. The number of amides is 1. The highest BCUT2D eigenvalue weighted by molar-refractivity contribution is 5.69. The van der Waals surface area contributed by atoms with E-state index in [-0.39, 0.29) is 19.4 Å². The van der Waals surface area contributed by atoms with Crippen LogP contribution in [0.4, 0.5) is 9.18 Å². The first-order chi connectivity index (χ1) is 9.02. The van der Waals surface area contributed by atoms with Crippen molar-refractivity contribution in [3.63, 3.8) is 0 Å². The summed E-state index contributed by atoms with van der Waals surface area (Å²) in [6, 6.07) is 5.02. The first kappa shape index (κ1) is 14.9. The van der Waals surface area contributed by atoms with Crippen LogP contribution in [0.3, 0.4) is 0 Å². The largest absolute Gasteiger partial charge is 0.481 e. The number of carbonyl (C=O) groups is 2. The SMILES string of the molecule is CCOC(=O)NC(CCC(=O)O)c1ccc(F)cc1. The van der Waals surface area contributed by atoms with Crippen LogP contribution in [0.25, 0.3) is 0 Å². The molecule has 19 heavy (non-hydrogen) atoms. The molecule has 0 radical (unpaired) electrons. The summed E-state index contributed by atoms with van der Waals surface area (Å²) in [7, 11) is 0. The summed E-state index contributed by atoms with van der Waals surface area (Å²) in [6.07, 6.45) is -0.518. The van der Waals surface area contributed by atoms with Crippen molar-refractivity contribution in [2.24, 2.45) is 0 Å². The Morgan fingerprint density at radius 1 is 1.37 bits per heavy atom. The zero-order chi connectivity index (χ0) is 14.3. The topological polar surface area (TPSA) is 75.6 Å².